The van der Waals surface area contributed by atoms with Gasteiger partial charge in [0.25, 0.3) is 0 Å². The molecule has 0 fully saturated rings. The summed E-state index contributed by atoms with van der Waals surface area (Å²) in [6.45, 7) is 3.87. The maximum Gasteiger partial charge on any atom is -0.000751 e. The molecule has 0 saturated carbocycles. The number of hydrogen-bond donors (Lipinski definition) is 0. The lowest BCUT2D eigenvalue weighted by Crippen LogP contribution is -1.84. The van der Waals surface area contributed by atoms with Crippen LogP contribution < -0.4 is 0 Å². The Kier molecular flexibility index (Phi) is 1.75. The molecule has 3 rings (SSSR count). The van der Waals surface area contributed by atoms with E-state index in [4.69, 9.17) is 0 Å². The normalized spacial score (nSPS) is 12.0. The average Bonchev–Trinajstić information content (AvgIpc) is 2.67. The van der Waals surface area contributed by atoms with Gasteiger partial charge in [0.05, 0.1) is 0 Å². The van der Waals surface area contributed by atoms with Crippen molar-refractivity contribution < 1.29 is 0 Å². The number of fused-ring (bicyclic) bond motifs is 3. The smallest absolute Gasteiger partial charge is 0.000751 e. The van der Waals surface area contributed by atoms with Gasteiger partial charge >= 0.3 is 0 Å². The number of hydrogen-bond acceptors (Lipinski definition) is 0. The molecule has 0 amide bonds. The van der Waals surface area contributed by atoms with Crippen molar-refractivity contribution in [2.24, 2.45) is 0 Å². The largest absolute Gasteiger partial charge is 0.0985 e. The molecule has 0 heteroatoms. The fraction of sp³-hybridized carbons (Fsp3) is 0.0667. The van der Waals surface area contributed by atoms with Gasteiger partial charge in [-0.3, -0.25) is 0 Å². The summed E-state index contributed by atoms with van der Waals surface area (Å²) in [4.78, 5) is 0. The van der Waals surface area contributed by atoms with E-state index in [0.717, 1.165) is 6.42 Å². The Morgan fingerprint density at radius 3 is 2.60 bits per heavy atom. The van der Waals surface area contributed by atoms with Crippen molar-refractivity contribution in [1.82, 2.24) is 0 Å². The maximum absolute atomic E-state index is 3.87. The van der Waals surface area contributed by atoms with E-state index in [1.54, 1.807) is 0 Å². The molecular formula is C15H12. The van der Waals surface area contributed by atoms with E-state index in [0.29, 0.717) is 0 Å². The quantitative estimate of drug-likeness (QED) is 0.548. The van der Waals surface area contributed by atoms with E-state index in [2.05, 4.69) is 49.0 Å². The highest BCUT2D eigenvalue weighted by molar-refractivity contribution is 5.80. The summed E-state index contributed by atoms with van der Waals surface area (Å²) in [6, 6.07) is 15.1. The number of rotatable bonds is 1. The highest BCUT2D eigenvalue weighted by Gasteiger charge is 2.18. The summed E-state index contributed by atoms with van der Waals surface area (Å²) >= 11 is 0. The molecule has 0 bridgehead atoms. The molecule has 2 aromatic rings. The standard InChI is InChI=1S/C15H12/c1-2-11-7-5-9-14-13-8-4-3-6-12(13)10-15(11)14/h2-9H,1,10H2. The minimum atomic E-state index is 1.05. The predicted octanol–water partition coefficient (Wildman–Crippen LogP) is 3.90. The molecular weight excluding hydrogens is 180 g/mol. The molecule has 0 heterocycles. The lowest BCUT2D eigenvalue weighted by Gasteiger charge is -2.03. The summed E-state index contributed by atoms with van der Waals surface area (Å²) in [5.41, 5.74) is 6.89. The third kappa shape index (κ3) is 1.15. The molecule has 0 aromatic heterocycles. The summed E-state index contributed by atoms with van der Waals surface area (Å²) in [6.07, 6.45) is 3.00. The van der Waals surface area contributed by atoms with Gasteiger partial charge in [-0.2, -0.15) is 0 Å². The minimum Gasteiger partial charge on any atom is -0.0985 e. The van der Waals surface area contributed by atoms with Crippen molar-refractivity contribution in [3.63, 3.8) is 0 Å². The Bertz CT molecular complexity index is 535. The second-order valence-electron chi connectivity index (χ2n) is 3.91. The van der Waals surface area contributed by atoms with Crippen molar-refractivity contribution in [2.45, 2.75) is 6.42 Å². The average molecular weight is 192 g/mol. The van der Waals surface area contributed by atoms with Crippen LogP contribution in [0.2, 0.25) is 0 Å². The summed E-state index contributed by atoms with van der Waals surface area (Å²) in [5.74, 6) is 0. The van der Waals surface area contributed by atoms with Crippen LogP contribution in [0, 0.1) is 0 Å². The summed E-state index contributed by atoms with van der Waals surface area (Å²) in [5, 5.41) is 0. The molecule has 0 unspecified atom stereocenters. The van der Waals surface area contributed by atoms with Gasteiger partial charge in [0.15, 0.2) is 0 Å². The van der Waals surface area contributed by atoms with Gasteiger partial charge in [-0.15, -0.1) is 0 Å². The molecule has 0 aliphatic heterocycles. The van der Waals surface area contributed by atoms with E-state index in [1.807, 2.05) is 6.08 Å². The van der Waals surface area contributed by atoms with Crippen LogP contribution in [0.4, 0.5) is 0 Å². The topological polar surface area (TPSA) is 0 Å². The summed E-state index contributed by atoms with van der Waals surface area (Å²) in [7, 11) is 0. The zero-order valence-corrected chi connectivity index (χ0v) is 8.53. The van der Waals surface area contributed by atoms with Crippen molar-refractivity contribution in [3.8, 4) is 11.1 Å². The van der Waals surface area contributed by atoms with Crippen molar-refractivity contribution in [2.75, 3.05) is 0 Å². The molecule has 0 spiro atoms. The van der Waals surface area contributed by atoms with E-state index in [9.17, 15) is 0 Å². The highest BCUT2D eigenvalue weighted by Crippen LogP contribution is 2.38. The predicted molar refractivity (Wildman–Crippen MR) is 64.8 cm³/mol. The minimum absolute atomic E-state index is 1.05. The van der Waals surface area contributed by atoms with Crippen molar-refractivity contribution in [1.29, 1.82) is 0 Å². The van der Waals surface area contributed by atoms with Crippen LogP contribution in [0.15, 0.2) is 49.0 Å². The summed E-state index contributed by atoms with van der Waals surface area (Å²) < 4.78 is 0. The van der Waals surface area contributed by atoms with Gasteiger partial charge in [-0.25, -0.2) is 0 Å². The van der Waals surface area contributed by atoms with Crippen LogP contribution in [0.5, 0.6) is 0 Å². The van der Waals surface area contributed by atoms with E-state index in [-0.39, 0.29) is 0 Å². The molecule has 15 heavy (non-hydrogen) atoms. The van der Waals surface area contributed by atoms with E-state index in [1.165, 1.54) is 27.8 Å². The highest BCUT2D eigenvalue weighted by atomic mass is 14.2. The van der Waals surface area contributed by atoms with Crippen LogP contribution in [0.3, 0.4) is 0 Å². The lowest BCUT2D eigenvalue weighted by molar-refractivity contribution is 1.25. The van der Waals surface area contributed by atoms with Crippen LogP contribution in [-0.4, -0.2) is 0 Å². The van der Waals surface area contributed by atoms with Crippen LogP contribution >= 0.6 is 0 Å². The van der Waals surface area contributed by atoms with E-state index >= 15 is 0 Å². The Morgan fingerprint density at radius 2 is 1.73 bits per heavy atom. The monoisotopic (exact) mass is 192 g/mol. The molecule has 0 N–H and O–H groups in total. The first kappa shape index (κ1) is 8.49. The lowest BCUT2D eigenvalue weighted by atomic mass is 10.0. The van der Waals surface area contributed by atoms with Crippen LogP contribution in [0.1, 0.15) is 16.7 Å². The Balaban J connectivity index is 2.30. The second kappa shape index (κ2) is 3.09. The zero-order valence-electron chi connectivity index (χ0n) is 8.53. The molecule has 0 saturated heterocycles. The SMILES string of the molecule is C=Cc1cccc2c1Cc1ccccc1-2. The number of benzene rings is 2. The fourth-order valence-electron chi connectivity index (χ4n) is 2.37. The Morgan fingerprint density at radius 1 is 0.933 bits per heavy atom. The van der Waals surface area contributed by atoms with Crippen molar-refractivity contribution >= 4 is 6.08 Å². The fourth-order valence-corrected chi connectivity index (χ4v) is 2.37. The van der Waals surface area contributed by atoms with Gasteiger partial charge in [0, 0.05) is 0 Å². The van der Waals surface area contributed by atoms with Gasteiger partial charge in [-0.1, -0.05) is 55.1 Å². The molecule has 0 nitrogen and oxygen atoms in total. The zero-order chi connectivity index (χ0) is 10.3. The second-order valence-corrected chi connectivity index (χ2v) is 3.91. The molecule has 0 radical (unpaired) electrons. The van der Waals surface area contributed by atoms with Gasteiger partial charge < -0.3 is 0 Å². The Labute approximate surface area is 89.9 Å². The molecule has 72 valence electrons. The molecule has 0 atom stereocenters. The first-order valence-electron chi connectivity index (χ1n) is 5.23. The third-order valence-electron chi connectivity index (χ3n) is 3.11. The van der Waals surface area contributed by atoms with Gasteiger partial charge in [0.1, 0.15) is 0 Å². The molecule has 1 aliphatic carbocycles. The van der Waals surface area contributed by atoms with Crippen LogP contribution in [0.25, 0.3) is 17.2 Å². The molecule has 1 aliphatic rings. The van der Waals surface area contributed by atoms with Gasteiger partial charge in [-0.05, 0) is 34.2 Å². The van der Waals surface area contributed by atoms with Gasteiger partial charge in [0.2, 0.25) is 0 Å². The first-order chi connectivity index (χ1) is 7.40. The van der Waals surface area contributed by atoms with E-state index < -0.39 is 0 Å². The van der Waals surface area contributed by atoms with Crippen molar-refractivity contribution in [3.05, 3.63) is 65.7 Å². The Hall–Kier alpha value is -1.82. The van der Waals surface area contributed by atoms with Crippen LogP contribution in [-0.2, 0) is 6.42 Å². The molecule has 2 aromatic carbocycles. The third-order valence-corrected chi connectivity index (χ3v) is 3.11. The first-order valence-corrected chi connectivity index (χ1v) is 5.23. The maximum atomic E-state index is 3.87.